The summed E-state index contributed by atoms with van der Waals surface area (Å²) in [4.78, 5) is 27.1. The molecule has 0 radical (unpaired) electrons. The Labute approximate surface area is 129 Å². The maximum absolute atomic E-state index is 12.0. The zero-order valence-electron chi connectivity index (χ0n) is 12.8. The van der Waals surface area contributed by atoms with Crippen LogP contribution in [0.15, 0.2) is 36.7 Å². The van der Waals surface area contributed by atoms with Gasteiger partial charge in [0.1, 0.15) is 5.60 Å². The fourth-order valence-electron chi connectivity index (χ4n) is 2.01. The smallest absolute Gasteiger partial charge is 0.338 e. The van der Waals surface area contributed by atoms with Crippen LogP contribution in [0.4, 0.5) is 5.69 Å². The first-order valence-corrected chi connectivity index (χ1v) is 6.84. The highest BCUT2D eigenvalue weighted by Gasteiger charge is 2.19. The summed E-state index contributed by atoms with van der Waals surface area (Å²) in [5.74, 6) is -0.437. The van der Waals surface area contributed by atoms with Gasteiger partial charge in [-0.15, -0.1) is 0 Å². The van der Waals surface area contributed by atoms with Crippen LogP contribution in [0.1, 0.15) is 41.5 Å². The van der Waals surface area contributed by atoms with Crippen molar-refractivity contribution in [1.29, 1.82) is 0 Å². The highest BCUT2D eigenvalue weighted by atomic mass is 16.6. The number of aldehydes is 1. The molecule has 0 aliphatic heterocycles. The highest BCUT2D eigenvalue weighted by Crippen LogP contribution is 2.29. The van der Waals surface area contributed by atoms with E-state index in [0.717, 1.165) is 6.29 Å². The van der Waals surface area contributed by atoms with E-state index >= 15 is 0 Å². The minimum Gasteiger partial charge on any atom is -0.456 e. The maximum atomic E-state index is 12.0. The van der Waals surface area contributed by atoms with Crippen molar-refractivity contribution in [1.82, 2.24) is 4.98 Å². The zero-order chi connectivity index (χ0) is 16.3. The highest BCUT2D eigenvalue weighted by molar-refractivity contribution is 5.95. The monoisotopic (exact) mass is 298 g/mol. The van der Waals surface area contributed by atoms with E-state index in [4.69, 9.17) is 10.5 Å². The van der Waals surface area contributed by atoms with Crippen LogP contribution in [0.25, 0.3) is 11.1 Å². The number of carbonyl (C=O) groups is 2. The summed E-state index contributed by atoms with van der Waals surface area (Å²) in [5.41, 5.74) is 7.99. The fourth-order valence-corrected chi connectivity index (χ4v) is 2.01. The second kappa shape index (κ2) is 5.97. The van der Waals surface area contributed by atoms with E-state index in [1.807, 2.05) is 0 Å². The van der Waals surface area contributed by atoms with Gasteiger partial charge < -0.3 is 10.5 Å². The maximum Gasteiger partial charge on any atom is 0.338 e. The van der Waals surface area contributed by atoms with Crippen molar-refractivity contribution >= 4 is 17.9 Å². The fraction of sp³-hybridized carbons (Fsp3) is 0.235. The number of nitrogens with zero attached hydrogens (tertiary/aromatic N) is 1. The molecule has 22 heavy (non-hydrogen) atoms. The number of ether oxygens (including phenoxy) is 1. The topological polar surface area (TPSA) is 82.3 Å². The van der Waals surface area contributed by atoms with Gasteiger partial charge in [0.05, 0.1) is 5.56 Å². The Morgan fingerprint density at radius 3 is 2.55 bits per heavy atom. The number of aromatic nitrogens is 1. The molecular formula is C17H18N2O3. The molecule has 2 rings (SSSR count). The lowest BCUT2D eigenvalue weighted by Crippen LogP contribution is -2.23. The van der Waals surface area contributed by atoms with Crippen LogP contribution in [-0.4, -0.2) is 22.8 Å². The molecule has 0 atom stereocenters. The lowest BCUT2D eigenvalue weighted by Gasteiger charge is -2.19. The van der Waals surface area contributed by atoms with Gasteiger partial charge in [-0.25, -0.2) is 4.79 Å². The molecule has 2 N–H and O–H groups in total. The van der Waals surface area contributed by atoms with Crippen molar-refractivity contribution in [2.24, 2.45) is 0 Å². The molecule has 0 amide bonds. The van der Waals surface area contributed by atoms with E-state index in [-0.39, 0.29) is 0 Å². The number of nitrogen functional groups attached to an aromatic ring is 1. The molecule has 0 unspecified atom stereocenters. The van der Waals surface area contributed by atoms with Gasteiger partial charge in [0.2, 0.25) is 0 Å². The standard InChI is InChI=1S/C17H18N2O3/c1-17(2,3)22-16(21)11-4-5-13(15(18)8-11)14-9-19-7-6-12(14)10-20/h4-10H,18H2,1-3H3. The first kappa shape index (κ1) is 15.7. The molecule has 0 spiro atoms. The summed E-state index contributed by atoms with van der Waals surface area (Å²) < 4.78 is 5.31. The zero-order valence-corrected chi connectivity index (χ0v) is 12.8. The van der Waals surface area contributed by atoms with E-state index in [2.05, 4.69) is 4.98 Å². The average Bonchev–Trinajstić information content (AvgIpc) is 2.45. The number of benzene rings is 1. The van der Waals surface area contributed by atoms with Gasteiger partial charge in [-0.1, -0.05) is 6.07 Å². The number of anilines is 1. The lowest BCUT2D eigenvalue weighted by atomic mass is 9.99. The SMILES string of the molecule is CC(C)(C)OC(=O)c1ccc(-c2cnccc2C=O)c(N)c1. The summed E-state index contributed by atoms with van der Waals surface area (Å²) in [7, 11) is 0. The van der Waals surface area contributed by atoms with Gasteiger partial charge in [0, 0.05) is 34.8 Å². The Morgan fingerprint density at radius 1 is 1.23 bits per heavy atom. The number of pyridine rings is 1. The molecule has 114 valence electrons. The largest absolute Gasteiger partial charge is 0.456 e. The molecule has 2 aromatic rings. The van der Waals surface area contributed by atoms with Crippen molar-refractivity contribution in [3.05, 3.63) is 47.8 Å². The van der Waals surface area contributed by atoms with E-state index in [9.17, 15) is 9.59 Å². The first-order chi connectivity index (χ1) is 10.3. The number of rotatable bonds is 3. The average molecular weight is 298 g/mol. The minimum atomic E-state index is -0.571. The molecule has 0 aliphatic rings. The van der Waals surface area contributed by atoms with Crippen LogP contribution in [0.5, 0.6) is 0 Å². The Hall–Kier alpha value is -2.69. The molecule has 1 heterocycles. The van der Waals surface area contributed by atoms with Crippen LogP contribution in [0.3, 0.4) is 0 Å². The van der Waals surface area contributed by atoms with Crippen LogP contribution in [-0.2, 0) is 4.74 Å². The van der Waals surface area contributed by atoms with Crippen LogP contribution >= 0.6 is 0 Å². The molecule has 0 saturated carbocycles. The van der Waals surface area contributed by atoms with E-state index in [1.165, 1.54) is 0 Å². The van der Waals surface area contributed by atoms with Crippen molar-refractivity contribution in [2.75, 3.05) is 5.73 Å². The summed E-state index contributed by atoms with van der Waals surface area (Å²) in [6.07, 6.45) is 3.86. The molecular weight excluding hydrogens is 280 g/mol. The third kappa shape index (κ3) is 3.49. The predicted octanol–water partition coefficient (Wildman–Crippen LogP) is 3.10. The summed E-state index contributed by atoms with van der Waals surface area (Å²) in [6, 6.07) is 6.48. The van der Waals surface area contributed by atoms with E-state index in [0.29, 0.717) is 27.9 Å². The van der Waals surface area contributed by atoms with Gasteiger partial charge in [-0.05, 0) is 39.0 Å². The van der Waals surface area contributed by atoms with E-state index in [1.54, 1.807) is 57.4 Å². The Kier molecular flexibility index (Phi) is 4.26. The second-order valence-corrected chi connectivity index (χ2v) is 5.88. The first-order valence-electron chi connectivity index (χ1n) is 6.84. The van der Waals surface area contributed by atoms with Crippen molar-refractivity contribution in [3.63, 3.8) is 0 Å². The summed E-state index contributed by atoms with van der Waals surface area (Å²) in [6.45, 7) is 5.40. The van der Waals surface area contributed by atoms with Crippen molar-refractivity contribution < 1.29 is 14.3 Å². The van der Waals surface area contributed by atoms with Crippen LogP contribution < -0.4 is 5.73 Å². The van der Waals surface area contributed by atoms with Gasteiger partial charge in [0.15, 0.2) is 6.29 Å². The predicted molar refractivity (Wildman–Crippen MR) is 84.6 cm³/mol. The third-order valence-corrected chi connectivity index (χ3v) is 2.96. The lowest BCUT2D eigenvalue weighted by molar-refractivity contribution is 0.00695. The van der Waals surface area contributed by atoms with Gasteiger partial charge in [-0.2, -0.15) is 0 Å². The Morgan fingerprint density at radius 2 is 1.95 bits per heavy atom. The van der Waals surface area contributed by atoms with Gasteiger partial charge >= 0.3 is 5.97 Å². The number of esters is 1. The molecule has 0 bridgehead atoms. The molecule has 5 heteroatoms. The van der Waals surface area contributed by atoms with Gasteiger partial charge in [0.25, 0.3) is 0 Å². The van der Waals surface area contributed by atoms with Crippen LogP contribution in [0.2, 0.25) is 0 Å². The van der Waals surface area contributed by atoms with E-state index < -0.39 is 11.6 Å². The normalized spacial score (nSPS) is 11.0. The molecule has 1 aromatic carbocycles. The Balaban J connectivity index is 2.38. The number of hydrogen-bond donors (Lipinski definition) is 1. The number of nitrogens with two attached hydrogens (primary N) is 1. The van der Waals surface area contributed by atoms with Gasteiger partial charge in [-0.3, -0.25) is 9.78 Å². The minimum absolute atomic E-state index is 0.368. The quantitative estimate of drug-likeness (QED) is 0.535. The summed E-state index contributed by atoms with van der Waals surface area (Å²) >= 11 is 0. The molecule has 1 aromatic heterocycles. The van der Waals surface area contributed by atoms with Crippen molar-refractivity contribution in [2.45, 2.75) is 26.4 Å². The molecule has 5 nitrogen and oxygen atoms in total. The Bertz CT molecular complexity index is 718. The number of carbonyl (C=O) groups excluding carboxylic acids is 2. The third-order valence-electron chi connectivity index (χ3n) is 2.96. The molecule has 0 saturated heterocycles. The van der Waals surface area contributed by atoms with Crippen LogP contribution in [0, 0.1) is 0 Å². The van der Waals surface area contributed by atoms with Crippen molar-refractivity contribution in [3.8, 4) is 11.1 Å². The number of hydrogen-bond acceptors (Lipinski definition) is 5. The molecule has 0 aliphatic carbocycles. The molecule has 0 fully saturated rings. The summed E-state index contributed by atoms with van der Waals surface area (Å²) in [5, 5.41) is 0. The second-order valence-electron chi connectivity index (χ2n) is 5.88.